The van der Waals surface area contributed by atoms with Crippen molar-refractivity contribution in [2.45, 2.75) is 32.2 Å². The first-order valence-electron chi connectivity index (χ1n) is 6.00. The first-order valence-corrected chi connectivity index (χ1v) is 6.79. The normalized spacial score (nSPS) is 16.1. The SMILES string of the molecule is Nc1ccc(CNCCC2CCC2)cc1Br. The molecular formula is C13H19BrN2. The largest absolute Gasteiger partial charge is 0.398 e. The summed E-state index contributed by atoms with van der Waals surface area (Å²) in [5, 5.41) is 3.49. The Morgan fingerprint density at radius 1 is 1.38 bits per heavy atom. The molecule has 1 saturated carbocycles. The lowest BCUT2D eigenvalue weighted by atomic mass is 9.83. The minimum absolute atomic E-state index is 0.804. The minimum Gasteiger partial charge on any atom is -0.398 e. The number of nitrogens with one attached hydrogen (secondary N) is 1. The average Bonchev–Trinajstić information content (AvgIpc) is 2.20. The van der Waals surface area contributed by atoms with Gasteiger partial charge in [0.05, 0.1) is 0 Å². The number of nitrogens with two attached hydrogens (primary N) is 1. The Morgan fingerprint density at radius 3 is 2.81 bits per heavy atom. The van der Waals surface area contributed by atoms with Gasteiger partial charge in [0.25, 0.3) is 0 Å². The van der Waals surface area contributed by atoms with E-state index in [0.29, 0.717) is 0 Å². The van der Waals surface area contributed by atoms with Gasteiger partial charge in [-0.3, -0.25) is 0 Å². The van der Waals surface area contributed by atoms with Crippen LogP contribution < -0.4 is 11.1 Å². The van der Waals surface area contributed by atoms with Crippen LogP contribution in [-0.2, 0) is 6.54 Å². The molecule has 1 aliphatic rings. The smallest absolute Gasteiger partial charge is 0.0458 e. The van der Waals surface area contributed by atoms with Crippen LogP contribution in [0.2, 0.25) is 0 Å². The predicted molar refractivity (Wildman–Crippen MR) is 72.2 cm³/mol. The number of hydrogen-bond donors (Lipinski definition) is 2. The molecule has 0 aliphatic heterocycles. The molecule has 0 amide bonds. The van der Waals surface area contributed by atoms with Gasteiger partial charge in [0.2, 0.25) is 0 Å². The van der Waals surface area contributed by atoms with Gasteiger partial charge in [-0.05, 0) is 52.5 Å². The first kappa shape index (κ1) is 11.9. The average molecular weight is 283 g/mol. The molecule has 2 rings (SSSR count). The Morgan fingerprint density at radius 2 is 2.19 bits per heavy atom. The Bertz CT molecular complexity index is 348. The Kier molecular flexibility index (Phi) is 4.24. The molecule has 0 aromatic heterocycles. The number of rotatable bonds is 5. The van der Waals surface area contributed by atoms with Gasteiger partial charge in [-0.2, -0.15) is 0 Å². The van der Waals surface area contributed by atoms with E-state index in [9.17, 15) is 0 Å². The molecule has 1 aromatic rings. The lowest BCUT2D eigenvalue weighted by Gasteiger charge is -2.25. The minimum atomic E-state index is 0.804. The quantitative estimate of drug-likeness (QED) is 0.642. The Balaban J connectivity index is 1.69. The van der Waals surface area contributed by atoms with Crippen LogP contribution in [0.5, 0.6) is 0 Å². The molecule has 0 atom stereocenters. The van der Waals surface area contributed by atoms with E-state index in [-0.39, 0.29) is 0 Å². The summed E-state index contributed by atoms with van der Waals surface area (Å²) in [4.78, 5) is 0. The summed E-state index contributed by atoms with van der Waals surface area (Å²) in [6.07, 6.45) is 5.65. The fourth-order valence-corrected chi connectivity index (χ4v) is 2.43. The highest BCUT2D eigenvalue weighted by Gasteiger charge is 2.16. The number of halogens is 1. The highest BCUT2D eigenvalue weighted by molar-refractivity contribution is 9.10. The standard InChI is InChI=1S/C13H19BrN2/c14-12-8-11(4-5-13(12)15)9-16-7-6-10-2-1-3-10/h4-5,8,10,16H,1-3,6-7,9,15H2. The van der Waals surface area contributed by atoms with E-state index in [0.717, 1.165) is 29.2 Å². The molecule has 1 aliphatic carbocycles. The summed E-state index contributed by atoms with van der Waals surface area (Å²) in [5.41, 5.74) is 7.83. The highest BCUT2D eigenvalue weighted by Crippen LogP contribution is 2.28. The third kappa shape index (κ3) is 3.22. The molecule has 0 heterocycles. The van der Waals surface area contributed by atoms with Gasteiger partial charge in [-0.15, -0.1) is 0 Å². The summed E-state index contributed by atoms with van der Waals surface area (Å²) < 4.78 is 0.991. The summed E-state index contributed by atoms with van der Waals surface area (Å²) in [6.45, 7) is 2.07. The molecule has 16 heavy (non-hydrogen) atoms. The fraction of sp³-hybridized carbons (Fsp3) is 0.538. The van der Waals surface area contributed by atoms with Gasteiger partial charge in [0, 0.05) is 16.7 Å². The van der Waals surface area contributed by atoms with Crippen molar-refractivity contribution in [1.29, 1.82) is 0 Å². The van der Waals surface area contributed by atoms with E-state index in [1.807, 2.05) is 6.07 Å². The summed E-state index contributed by atoms with van der Waals surface area (Å²) >= 11 is 3.45. The van der Waals surface area contributed by atoms with E-state index in [2.05, 4.69) is 33.4 Å². The molecule has 88 valence electrons. The Labute approximate surface area is 106 Å². The molecule has 0 radical (unpaired) electrons. The van der Waals surface area contributed by atoms with Crippen LogP contribution in [0.25, 0.3) is 0 Å². The number of nitrogen functional groups attached to an aromatic ring is 1. The molecule has 0 spiro atoms. The molecule has 0 bridgehead atoms. The lowest BCUT2D eigenvalue weighted by Crippen LogP contribution is -2.21. The molecule has 2 nitrogen and oxygen atoms in total. The molecular weight excluding hydrogens is 264 g/mol. The highest BCUT2D eigenvalue weighted by atomic mass is 79.9. The lowest BCUT2D eigenvalue weighted by molar-refractivity contribution is 0.292. The van der Waals surface area contributed by atoms with Gasteiger partial charge in [0.15, 0.2) is 0 Å². The molecule has 0 saturated heterocycles. The van der Waals surface area contributed by atoms with Gasteiger partial charge in [-0.1, -0.05) is 25.3 Å². The van der Waals surface area contributed by atoms with Crippen molar-refractivity contribution in [3.05, 3.63) is 28.2 Å². The second-order valence-electron chi connectivity index (χ2n) is 4.62. The van der Waals surface area contributed by atoms with Crippen LogP contribution in [0.4, 0.5) is 5.69 Å². The monoisotopic (exact) mass is 282 g/mol. The molecule has 3 N–H and O–H groups in total. The number of benzene rings is 1. The van der Waals surface area contributed by atoms with Crippen LogP contribution in [0.3, 0.4) is 0 Å². The summed E-state index contributed by atoms with van der Waals surface area (Å²) in [5.74, 6) is 0.991. The van der Waals surface area contributed by atoms with Crippen molar-refractivity contribution in [3.8, 4) is 0 Å². The van der Waals surface area contributed by atoms with Crippen molar-refractivity contribution in [1.82, 2.24) is 5.32 Å². The maximum absolute atomic E-state index is 5.74. The van der Waals surface area contributed by atoms with Gasteiger partial charge < -0.3 is 11.1 Å². The fourth-order valence-electron chi connectivity index (χ4n) is 2.00. The van der Waals surface area contributed by atoms with Crippen LogP contribution in [0.15, 0.2) is 22.7 Å². The Hall–Kier alpha value is -0.540. The predicted octanol–water partition coefficient (Wildman–Crippen LogP) is 3.31. The number of hydrogen-bond acceptors (Lipinski definition) is 2. The van der Waals surface area contributed by atoms with E-state index in [4.69, 9.17) is 5.73 Å². The third-order valence-corrected chi connectivity index (χ3v) is 4.03. The van der Waals surface area contributed by atoms with Crippen molar-refractivity contribution in [3.63, 3.8) is 0 Å². The third-order valence-electron chi connectivity index (χ3n) is 3.35. The second-order valence-corrected chi connectivity index (χ2v) is 5.47. The summed E-state index contributed by atoms with van der Waals surface area (Å²) in [6, 6.07) is 6.12. The van der Waals surface area contributed by atoms with E-state index in [1.54, 1.807) is 0 Å². The molecule has 3 heteroatoms. The maximum atomic E-state index is 5.74. The maximum Gasteiger partial charge on any atom is 0.0458 e. The van der Waals surface area contributed by atoms with Crippen molar-refractivity contribution in [2.24, 2.45) is 5.92 Å². The van der Waals surface area contributed by atoms with Crippen LogP contribution in [0.1, 0.15) is 31.2 Å². The molecule has 1 aromatic carbocycles. The van der Waals surface area contributed by atoms with Gasteiger partial charge >= 0.3 is 0 Å². The zero-order valence-corrected chi connectivity index (χ0v) is 11.1. The van der Waals surface area contributed by atoms with E-state index < -0.39 is 0 Å². The van der Waals surface area contributed by atoms with Gasteiger partial charge in [0.1, 0.15) is 0 Å². The first-order chi connectivity index (χ1) is 7.75. The van der Waals surface area contributed by atoms with Crippen molar-refractivity contribution < 1.29 is 0 Å². The van der Waals surface area contributed by atoms with Crippen LogP contribution >= 0.6 is 15.9 Å². The molecule has 1 fully saturated rings. The number of anilines is 1. The molecule has 0 unspecified atom stereocenters. The summed E-state index contributed by atoms with van der Waals surface area (Å²) in [7, 11) is 0. The zero-order chi connectivity index (χ0) is 11.4. The topological polar surface area (TPSA) is 38.0 Å². The van der Waals surface area contributed by atoms with Gasteiger partial charge in [-0.25, -0.2) is 0 Å². The van der Waals surface area contributed by atoms with Crippen LogP contribution in [0, 0.1) is 5.92 Å². The van der Waals surface area contributed by atoms with E-state index >= 15 is 0 Å². The second kappa shape index (κ2) is 5.69. The van der Waals surface area contributed by atoms with E-state index in [1.165, 1.54) is 31.2 Å². The van der Waals surface area contributed by atoms with Crippen molar-refractivity contribution >= 4 is 21.6 Å². The van der Waals surface area contributed by atoms with Crippen molar-refractivity contribution in [2.75, 3.05) is 12.3 Å². The zero-order valence-electron chi connectivity index (χ0n) is 9.51. The van der Waals surface area contributed by atoms with Crippen LogP contribution in [-0.4, -0.2) is 6.54 Å².